The Balaban J connectivity index is 1.47. The van der Waals surface area contributed by atoms with Crippen LogP contribution in [0.5, 0.6) is 0 Å². The largest absolute Gasteiger partial charge is 0.364 e. The second-order valence-corrected chi connectivity index (χ2v) is 8.04. The van der Waals surface area contributed by atoms with Crippen LogP contribution < -0.4 is 4.90 Å². The number of carbonyl (C=O) groups excluding carboxylic acids is 1. The van der Waals surface area contributed by atoms with Crippen molar-refractivity contribution in [3.05, 3.63) is 59.9 Å². The molecule has 6 nitrogen and oxygen atoms in total. The molecule has 2 fully saturated rings. The molecule has 0 saturated carbocycles. The third kappa shape index (κ3) is 4.43. The van der Waals surface area contributed by atoms with Gasteiger partial charge in [0, 0.05) is 44.7 Å². The predicted molar refractivity (Wildman–Crippen MR) is 112 cm³/mol. The normalized spacial score (nSPS) is 18.4. The molecule has 2 aromatic rings. The number of hydrogen-bond donors (Lipinski definition) is 0. The lowest BCUT2D eigenvalue weighted by molar-refractivity contribution is -0.181. The average molecular weight is 396 g/mol. The minimum atomic E-state index is -0.471. The Hall–Kier alpha value is -2.44. The zero-order valence-electron chi connectivity index (χ0n) is 17.2. The summed E-state index contributed by atoms with van der Waals surface area (Å²) in [5, 5.41) is 0. The van der Waals surface area contributed by atoms with Crippen molar-refractivity contribution in [3.8, 4) is 0 Å². The Morgan fingerprint density at radius 3 is 2.48 bits per heavy atom. The van der Waals surface area contributed by atoms with Crippen LogP contribution in [0.4, 0.5) is 5.69 Å². The van der Waals surface area contributed by atoms with Crippen molar-refractivity contribution in [2.75, 3.05) is 31.2 Å². The summed E-state index contributed by atoms with van der Waals surface area (Å²) in [7, 11) is 0. The van der Waals surface area contributed by atoms with Gasteiger partial charge >= 0.3 is 0 Å². The molecular weight excluding hydrogens is 366 g/mol. The number of carbonyl (C=O) groups is 1. The molecule has 0 N–H and O–H groups in total. The number of amides is 1. The van der Waals surface area contributed by atoms with Gasteiger partial charge in [0.2, 0.25) is 0 Å². The van der Waals surface area contributed by atoms with E-state index in [0.29, 0.717) is 31.9 Å². The summed E-state index contributed by atoms with van der Waals surface area (Å²) in [4.78, 5) is 21.6. The number of anilines is 1. The zero-order valence-corrected chi connectivity index (χ0v) is 17.2. The van der Waals surface area contributed by atoms with Gasteiger partial charge in [-0.25, -0.2) is 0 Å². The van der Waals surface area contributed by atoms with E-state index < -0.39 is 5.79 Å². The number of hydrogen-bond acceptors (Lipinski definition) is 5. The van der Waals surface area contributed by atoms with E-state index in [-0.39, 0.29) is 11.9 Å². The van der Waals surface area contributed by atoms with Gasteiger partial charge in [0.15, 0.2) is 5.79 Å². The molecule has 0 radical (unpaired) electrons. The van der Waals surface area contributed by atoms with E-state index in [4.69, 9.17) is 9.47 Å². The van der Waals surface area contributed by atoms with Crippen LogP contribution in [-0.2, 0) is 16.0 Å². The first-order chi connectivity index (χ1) is 14.1. The van der Waals surface area contributed by atoms with Crippen LogP contribution in [0.25, 0.3) is 0 Å². The molecule has 0 bridgehead atoms. The molecule has 2 saturated heterocycles. The molecular formula is C23H29N3O3. The topological polar surface area (TPSA) is 54.9 Å². The molecule has 0 atom stereocenters. The van der Waals surface area contributed by atoms with Crippen molar-refractivity contribution in [2.24, 2.45) is 0 Å². The Bertz CT molecular complexity index is 824. The Morgan fingerprint density at radius 1 is 1.14 bits per heavy atom. The Kier molecular flexibility index (Phi) is 5.83. The number of likely N-dealkylation sites (tertiary alicyclic amines) is 1. The standard InChI is InChI=1S/C23H29N3O3/c1-18(2)26(17-19-6-4-3-5-7-19)21-14-20(15-24-16-21)22(27)25-10-8-23(9-11-25)28-12-13-29-23/h3-7,14-16,18H,8-13,17H2,1-2H3. The van der Waals surface area contributed by atoms with Gasteiger partial charge in [0.1, 0.15) is 0 Å². The van der Waals surface area contributed by atoms with Crippen molar-refractivity contribution in [1.29, 1.82) is 0 Å². The van der Waals surface area contributed by atoms with Crippen LogP contribution in [0.15, 0.2) is 48.8 Å². The monoisotopic (exact) mass is 395 g/mol. The van der Waals surface area contributed by atoms with Gasteiger partial charge in [0.25, 0.3) is 5.91 Å². The molecule has 0 aliphatic carbocycles. The molecule has 3 heterocycles. The van der Waals surface area contributed by atoms with E-state index in [9.17, 15) is 4.79 Å². The highest BCUT2D eigenvalue weighted by Gasteiger charge is 2.40. The number of pyridine rings is 1. The van der Waals surface area contributed by atoms with E-state index in [1.165, 1.54) is 5.56 Å². The second-order valence-electron chi connectivity index (χ2n) is 8.04. The number of piperidine rings is 1. The smallest absolute Gasteiger partial charge is 0.255 e. The first-order valence-corrected chi connectivity index (χ1v) is 10.4. The van der Waals surface area contributed by atoms with Crippen LogP contribution in [0.1, 0.15) is 42.6 Å². The summed E-state index contributed by atoms with van der Waals surface area (Å²) in [6.07, 6.45) is 4.95. The fraction of sp³-hybridized carbons (Fsp3) is 0.478. The SMILES string of the molecule is CC(C)N(Cc1ccccc1)c1cncc(C(=O)N2CCC3(CC2)OCCO3)c1. The highest BCUT2D eigenvalue weighted by molar-refractivity contribution is 5.94. The first kappa shape index (κ1) is 19.9. The molecule has 1 amide bonds. The van der Waals surface area contributed by atoms with Gasteiger partial charge < -0.3 is 19.3 Å². The van der Waals surface area contributed by atoms with Gasteiger partial charge in [0.05, 0.1) is 30.7 Å². The van der Waals surface area contributed by atoms with Gasteiger partial charge in [-0.05, 0) is 25.5 Å². The Morgan fingerprint density at radius 2 is 1.83 bits per heavy atom. The number of nitrogens with zero attached hydrogens (tertiary/aromatic N) is 3. The van der Waals surface area contributed by atoms with Crippen molar-refractivity contribution in [2.45, 2.75) is 45.1 Å². The van der Waals surface area contributed by atoms with Crippen molar-refractivity contribution in [3.63, 3.8) is 0 Å². The Labute approximate surface area is 172 Å². The van der Waals surface area contributed by atoms with Gasteiger partial charge in [-0.2, -0.15) is 0 Å². The summed E-state index contributed by atoms with van der Waals surface area (Å²) in [6.45, 7) is 7.66. The lowest BCUT2D eigenvalue weighted by Gasteiger charge is -2.37. The molecule has 4 rings (SSSR count). The molecule has 154 valence electrons. The third-order valence-corrected chi connectivity index (χ3v) is 5.75. The molecule has 2 aliphatic rings. The van der Waals surface area contributed by atoms with Crippen LogP contribution >= 0.6 is 0 Å². The second kappa shape index (κ2) is 8.51. The summed E-state index contributed by atoms with van der Waals surface area (Å²) in [5.41, 5.74) is 2.83. The molecule has 1 aromatic heterocycles. The summed E-state index contributed by atoms with van der Waals surface area (Å²) in [6, 6.07) is 12.6. The maximum absolute atomic E-state index is 13.1. The predicted octanol–water partition coefficient (Wildman–Crippen LogP) is 3.48. The van der Waals surface area contributed by atoms with Crippen LogP contribution in [0, 0.1) is 0 Å². The summed E-state index contributed by atoms with van der Waals surface area (Å²) in [5.74, 6) is -0.448. The first-order valence-electron chi connectivity index (χ1n) is 10.4. The molecule has 6 heteroatoms. The van der Waals surface area contributed by atoms with Crippen molar-refractivity contribution in [1.82, 2.24) is 9.88 Å². The van der Waals surface area contributed by atoms with E-state index >= 15 is 0 Å². The summed E-state index contributed by atoms with van der Waals surface area (Å²) < 4.78 is 11.5. The lowest BCUT2D eigenvalue weighted by Crippen LogP contribution is -2.47. The number of ether oxygens (including phenoxy) is 2. The zero-order chi connectivity index (χ0) is 20.3. The molecule has 0 unspecified atom stereocenters. The minimum absolute atomic E-state index is 0.0237. The average Bonchev–Trinajstić information content (AvgIpc) is 3.20. The molecule has 1 aromatic carbocycles. The molecule has 1 spiro atoms. The van der Waals surface area contributed by atoms with Gasteiger partial charge in [-0.15, -0.1) is 0 Å². The quantitative estimate of drug-likeness (QED) is 0.776. The summed E-state index contributed by atoms with van der Waals surface area (Å²) >= 11 is 0. The number of aromatic nitrogens is 1. The van der Waals surface area contributed by atoms with E-state index in [0.717, 1.165) is 25.1 Å². The van der Waals surface area contributed by atoms with E-state index in [1.54, 1.807) is 6.20 Å². The fourth-order valence-corrected chi connectivity index (χ4v) is 4.07. The highest BCUT2D eigenvalue weighted by atomic mass is 16.7. The number of benzene rings is 1. The number of rotatable bonds is 5. The van der Waals surface area contributed by atoms with E-state index in [1.807, 2.05) is 35.4 Å². The highest BCUT2D eigenvalue weighted by Crippen LogP contribution is 2.32. The molecule has 29 heavy (non-hydrogen) atoms. The van der Waals surface area contributed by atoms with Gasteiger partial charge in [-0.1, -0.05) is 30.3 Å². The lowest BCUT2D eigenvalue weighted by atomic mass is 10.0. The minimum Gasteiger partial charge on any atom is -0.364 e. The van der Waals surface area contributed by atoms with Crippen LogP contribution in [0.3, 0.4) is 0 Å². The maximum Gasteiger partial charge on any atom is 0.255 e. The maximum atomic E-state index is 13.1. The van der Waals surface area contributed by atoms with Crippen LogP contribution in [0.2, 0.25) is 0 Å². The van der Waals surface area contributed by atoms with Crippen molar-refractivity contribution < 1.29 is 14.3 Å². The van der Waals surface area contributed by atoms with Crippen molar-refractivity contribution >= 4 is 11.6 Å². The molecule has 2 aliphatic heterocycles. The van der Waals surface area contributed by atoms with E-state index in [2.05, 4.69) is 35.9 Å². The third-order valence-electron chi connectivity index (χ3n) is 5.75. The van der Waals surface area contributed by atoms with Gasteiger partial charge in [-0.3, -0.25) is 9.78 Å². The van der Waals surface area contributed by atoms with Crippen LogP contribution in [-0.4, -0.2) is 53.9 Å². The fourth-order valence-electron chi connectivity index (χ4n) is 4.07.